The number of nitrogens with one attached hydrogen (secondary N) is 2. The molecule has 2 fully saturated rings. The summed E-state index contributed by atoms with van der Waals surface area (Å²) < 4.78 is 34.2. The zero-order valence-electron chi connectivity index (χ0n) is 26.9. The van der Waals surface area contributed by atoms with Crippen molar-refractivity contribution in [3.63, 3.8) is 0 Å². The fourth-order valence-electron chi connectivity index (χ4n) is 6.19. The Hall–Kier alpha value is -3.38. The molecule has 1 aromatic carbocycles. The Balaban J connectivity index is 1.48. The first-order valence-electron chi connectivity index (χ1n) is 16.3. The Morgan fingerprint density at radius 3 is 2.31 bits per heavy atom. The highest BCUT2D eigenvalue weighted by atomic mass is 32.2. The number of primary amides is 1. The van der Waals surface area contributed by atoms with E-state index < -0.39 is 22.1 Å². The molecule has 0 bridgehead atoms. The van der Waals surface area contributed by atoms with Gasteiger partial charge >= 0.3 is 6.03 Å². The van der Waals surface area contributed by atoms with Crippen LogP contribution >= 0.6 is 0 Å². The number of aromatic nitrogens is 1. The second-order valence-electron chi connectivity index (χ2n) is 12.8. The summed E-state index contributed by atoms with van der Waals surface area (Å²) in [4.78, 5) is 34.4. The molecule has 248 valence electrons. The molecule has 1 aliphatic carbocycles. The third kappa shape index (κ3) is 10.1. The fraction of sp³-hybridized carbons (Fsp3) is 0.606. The lowest BCUT2D eigenvalue weighted by Gasteiger charge is -2.34. The van der Waals surface area contributed by atoms with Crippen LogP contribution in [0.5, 0.6) is 0 Å². The van der Waals surface area contributed by atoms with Crippen molar-refractivity contribution in [3.8, 4) is 0 Å². The number of rotatable bonds is 14. The molecule has 12 heteroatoms. The molecular formula is C33H50N6O5S. The molecule has 1 aromatic heterocycles. The van der Waals surface area contributed by atoms with Crippen LogP contribution in [0.1, 0.15) is 78.6 Å². The fourth-order valence-corrected chi connectivity index (χ4v) is 7.19. The lowest BCUT2D eigenvalue weighted by molar-refractivity contribution is -0.123. The van der Waals surface area contributed by atoms with Crippen LogP contribution in [0.25, 0.3) is 0 Å². The van der Waals surface area contributed by atoms with E-state index in [4.69, 9.17) is 10.5 Å². The number of hydrogen-bond acceptors (Lipinski definition) is 7. The van der Waals surface area contributed by atoms with Gasteiger partial charge < -0.3 is 20.7 Å². The number of sulfonamides is 1. The number of nitrogens with two attached hydrogens (primary N) is 1. The predicted octanol–water partition coefficient (Wildman–Crippen LogP) is 5.27. The number of anilines is 3. The van der Waals surface area contributed by atoms with Crippen LogP contribution in [0.3, 0.4) is 0 Å². The molecule has 1 saturated heterocycles. The van der Waals surface area contributed by atoms with Crippen LogP contribution in [0, 0.1) is 11.8 Å². The molecule has 2 heterocycles. The summed E-state index contributed by atoms with van der Waals surface area (Å²) in [5.74, 6) is 1.41. The number of urea groups is 1. The van der Waals surface area contributed by atoms with E-state index >= 15 is 0 Å². The standard InChI is InChI=1S/C33H50N6O5S/c1-24(2)8-7-9-25(3)36-32(40)30(22-26-10-5-4-6-11-26)39(33(34)41)28-14-12-27(13-15-28)37-45(42,43)29-16-17-31(35-23-29)38-18-20-44-21-19-38/h12-17,23-26,30,37H,4-11,18-22H2,1-3H3,(H2,34,41)(H,36,40)/t25?,30-/m1/s1. The van der Waals surface area contributed by atoms with Crippen molar-refractivity contribution in [2.24, 2.45) is 17.6 Å². The van der Waals surface area contributed by atoms with Gasteiger partial charge in [-0.2, -0.15) is 0 Å². The highest BCUT2D eigenvalue weighted by molar-refractivity contribution is 7.92. The molecule has 4 N–H and O–H groups in total. The van der Waals surface area contributed by atoms with Gasteiger partial charge in [0.05, 0.1) is 13.2 Å². The smallest absolute Gasteiger partial charge is 0.320 e. The molecular weight excluding hydrogens is 592 g/mol. The SMILES string of the molecule is CC(C)CCCC(C)NC(=O)[C@@H](CC1CCCCC1)N(C(N)=O)c1ccc(NS(=O)(=O)c2ccc(N3CCOCC3)nc2)cc1. The van der Waals surface area contributed by atoms with Gasteiger partial charge in [-0.1, -0.05) is 58.8 Å². The van der Waals surface area contributed by atoms with E-state index in [2.05, 4.69) is 28.9 Å². The van der Waals surface area contributed by atoms with Crippen molar-refractivity contribution < 1.29 is 22.7 Å². The van der Waals surface area contributed by atoms with E-state index in [1.165, 1.54) is 23.6 Å². The average Bonchev–Trinajstić information content (AvgIpc) is 3.02. The molecule has 2 aromatic rings. The second kappa shape index (κ2) is 16.3. The van der Waals surface area contributed by atoms with Gasteiger partial charge in [-0.3, -0.25) is 14.4 Å². The molecule has 1 saturated carbocycles. The summed E-state index contributed by atoms with van der Waals surface area (Å²) in [5.41, 5.74) is 6.66. The van der Waals surface area contributed by atoms with Crippen LogP contribution in [0.4, 0.5) is 22.0 Å². The minimum atomic E-state index is -3.91. The molecule has 11 nitrogen and oxygen atoms in total. The number of benzene rings is 1. The van der Waals surface area contributed by atoms with Crippen molar-refractivity contribution in [2.45, 2.75) is 95.5 Å². The lowest BCUT2D eigenvalue weighted by Crippen LogP contribution is -2.54. The Morgan fingerprint density at radius 1 is 1.02 bits per heavy atom. The third-order valence-corrected chi connectivity index (χ3v) is 10.1. The number of carbonyl (C=O) groups is 2. The number of pyridine rings is 1. The van der Waals surface area contributed by atoms with Gasteiger partial charge in [0.15, 0.2) is 0 Å². The summed E-state index contributed by atoms with van der Waals surface area (Å²) in [6.07, 6.45) is 10.3. The van der Waals surface area contributed by atoms with Gasteiger partial charge in [0.1, 0.15) is 16.8 Å². The van der Waals surface area contributed by atoms with Gasteiger partial charge in [0.25, 0.3) is 10.0 Å². The highest BCUT2D eigenvalue weighted by Gasteiger charge is 2.33. The third-order valence-electron chi connectivity index (χ3n) is 8.70. The van der Waals surface area contributed by atoms with Crippen molar-refractivity contribution in [1.29, 1.82) is 0 Å². The maximum absolute atomic E-state index is 13.7. The number of carbonyl (C=O) groups excluding carboxylic acids is 2. The second-order valence-corrected chi connectivity index (χ2v) is 14.5. The molecule has 2 aliphatic rings. The molecule has 1 unspecified atom stereocenters. The topological polar surface area (TPSA) is 147 Å². The van der Waals surface area contributed by atoms with Crippen molar-refractivity contribution in [2.75, 3.05) is 40.8 Å². The molecule has 45 heavy (non-hydrogen) atoms. The summed E-state index contributed by atoms with van der Waals surface area (Å²) in [6.45, 7) is 8.99. The number of amides is 3. The number of morpholine rings is 1. The Kier molecular flexibility index (Phi) is 12.5. The van der Waals surface area contributed by atoms with Crippen LogP contribution in [0.2, 0.25) is 0 Å². The van der Waals surface area contributed by atoms with E-state index in [1.807, 2.05) is 11.8 Å². The van der Waals surface area contributed by atoms with E-state index in [0.717, 1.165) is 44.9 Å². The maximum atomic E-state index is 13.7. The average molecular weight is 643 g/mol. The van der Waals surface area contributed by atoms with Gasteiger partial charge in [-0.25, -0.2) is 18.2 Å². The summed E-state index contributed by atoms with van der Waals surface area (Å²) >= 11 is 0. The van der Waals surface area contributed by atoms with Gasteiger partial charge in [0.2, 0.25) is 5.91 Å². The summed E-state index contributed by atoms with van der Waals surface area (Å²) in [6, 6.07) is 8.08. The Labute approximate surface area is 268 Å². The number of hydrogen-bond donors (Lipinski definition) is 3. The summed E-state index contributed by atoms with van der Waals surface area (Å²) in [5, 5.41) is 3.14. The van der Waals surface area contributed by atoms with Gasteiger partial charge in [-0.05, 0) is 68.0 Å². The highest BCUT2D eigenvalue weighted by Crippen LogP contribution is 2.31. The Morgan fingerprint density at radius 2 is 1.71 bits per heavy atom. The van der Waals surface area contributed by atoms with E-state index in [9.17, 15) is 18.0 Å². The number of nitrogens with zero attached hydrogens (tertiary/aromatic N) is 3. The van der Waals surface area contributed by atoms with E-state index in [1.54, 1.807) is 30.3 Å². The zero-order chi connectivity index (χ0) is 32.4. The quantitative estimate of drug-likeness (QED) is 0.254. The Bertz CT molecular complexity index is 1340. The van der Waals surface area contributed by atoms with Gasteiger partial charge in [-0.15, -0.1) is 0 Å². The van der Waals surface area contributed by atoms with Crippen molar-refractivity contribution >= 4 is 39.2 Å². The first kappa shape index (κ1) is 34.5. The van der Waals surface area contributed by atoms with Crippen molar-refractivity contribution in [1.82, 2.24) is 10.3 Å². The molecule has 3 amide bonds. The molecule has 4 rings (SSSR count). The van der Waals surface area contributed by atoms with Crippen LogP contribution in [-0.2, 0) is 19.6 Å². The minimum absolute atomic E-state index is 0.0333. The van der Waals surface area contributed by atoms with Crippen molar-refractivity contribution in [3.05, 3.63) is 42.6 Å². The lowest BCUT2D eigenvalue weighted by atomic mass is 9.84. The summed E-state index contributed by atoms with van der Waals surface area (Å²) in [7, 11) is -3.91. The molecule has 1 aliphatic heterocycles. The van der Waals surface area contributed by atoms with Crippen LogP contribution in [0.15, 0.2) is 47.5 Å². The van der Waals surface area contributed by atoms with Crippen LogP contribution in [-0.4, -0.2) is 63.7 Å². The molecule has 2 atom stereocenters. The number of ether oxygens (including phenoxy) is 1. The first-order chi connectivity index (χ1) is 21.5. The first-order valence-corrected chi connectivity index (χ1v) is 17.8. The zero-order valence-corrected chi connectivity index (χ0v) is 27.7. The van der Waals surface area contributed by atoms with Gasteiger partial charge in [0, 0.05) is 36.7 Å². The van der Waals surface area contributed by atoms with E-state index in [0.29, 0.717) is 61.8 Å². The maximum Gasteiger partial charge on any atom is 0.320 e. The largest absolute Gasteiger partial charge is 0.378 e. The normalized spacial score (nSPS) is 17.5. The molecule has 0 spiro atoms. The minimum Gasteiger partial charge on any atom is -0.378 e. The molecule has 0 radical (unpaired) electrons. The monoisotopic (exact) mass is 642 g/mol. The van der Waals surface area contributed by atoms with Crippen LogP contribution < -0.4 is 25.6 Å². The predicted molar refractivity (Wildman–Crippen MR) is 178 cm³/mol. The van der Waals surface area contributed by atoms with E-state index in [-0.39, 0.29) is 16.8 Å².